The summed E-state index contributed by atoms with van der Waals surface area (Å²) < 4.78 is 10.9. The lowest BCUT2D eigenvalue weighted by Gasteiger charge is -2.10. The Morgan fingerprint density at radius 3 is 2.52 bits per heavy atom. The molecule has 0 radical (unpaired) electrons. The molecule has 2 aromatic carbocycles. The molecule has 0 amide bonds. The molecule has 0 spiro atoms. The third-order valence-corrected chi connectivity index (χ3v) is 3.34. The van der Waals surface area contributed by atoms with Gasteiger partial charge < -0.3 is 9.47 Å². The van der Waals surface area contributed by atoms with E-state index in [1.807, 2.05) is 55.5 Å². The van der Waals surface area contributed by atoms with E-state index >= 15 is 0 Å². The van der Waals surface area contributed by atoms with Crippen molar-refractivity contribution in [1.29, 1.82) is 5.26 Å². The number of nitrogens with zero attached hydrogens (tertiary/aromatic N) is 1. The molecule has 0 bridgehead atoms. The quantitative estimate of drug-likeness (QED) is 0.444. The number of hydrogen-bond acceptors (Lipinski definition) is 3. The number of allylic oxidation sites excluding steroid dienone is 1. The molecule has 2 rings (SSSR count). The van der Waals surface area contributed by atoms with Crippen molar-refractivity contribution in [2.45, 2.75) is 6.92 Å². The molecule has 0 aromatic heterocycles. The van der Waals surface area contributed by atoms with Crippen molar-refractivity contribution in [3.63, 3.8) is 0 Å². The van der Waals surface area contributed by atoms with Gasteiger partial charge in [-0.3, -0.25) is 0 Å². The Bertz CT molecular complexity index is 752. The smallest absolute Gasteiger partial charge is 0.161 e. The van der Waals surface area contributed by atoms with Gasteiger partial charge in [-0.1, -0.05) is 48.6 Å². The lowest BCUT2D eigenvalue weighted by atomic mass is 10.0. The summed E-state index contributed by atoms with van der Waals surface area (Å²) in [4.78, 5) is 0. The van der Waals surface area contributed by atoms with Gasteiger partial charge in [0.2, 0.25) is 0 Å². The molecule has 23 heavy (non-hydrogen) atoms. The number of rotatable bonds is 6. The molecule has 0 unspecified atom stereocenters. The first-order chi connectivity index (χ1) is 11.2. The maximum absolute atomic E-state index is 9.42. The van der Waals surface area contributed by atoms with E-state index in [0.717, 1.165) is 16.7 Å². The van der Waals surface area contributed by atoms with Crippen LogP contribution in [0.25, 0.3) is 11.6 Å². The fraction of sp³-hybridized carbons (Fsp3) is 0.150. The van der Waals surface area contributed by atoms with Gasteiger partial charge in [-0.05, 0) is 36.3 Å². The van der Waals surface area contributed by atoms with Crippen LogP contribution in [0.15, 0.2) is 55.1 Å². The Morgan fingerprint density at radius 1 is 1.17 bits per heavy atom. The summed E-state index contributed by atoms with van der Waals surface area (Å²) in [5.74, 6) is 1.28. The van der Waals surface area contributed by atoms with Crippen LogP contribution >= 0.6 is 0 Å². The second-order valence-corrected chi connectivity index (χ2v) is 5.05. The van der Waals surface area contributed by atoms with Gasteiger partial charge in [0.05, 0.1) is 18.8 Å². The molecule has 0 fully saturated rings. The topological polar surface area (TPSA) is 42.2 Å². The summed E-state index contributed by atoms with van der Waals surface area (Å²) in [5.41, 5.74) is 3.54. The van der Waals surface area contributed by atoms with Gasteiger partial charge in [0.25, 0.3) is 0 Å². The van der Waals surface area contributed by atoms with Crippen LogP contribution < -0.4 is 9.47 Å². The molecule has 0 atom stereocenters. The number of hydrogen-bond donors (Lipinski definition) is 0. The molecule has 2 aromatic rings. The van der Waals surface area contributed by atoms with Crippen molar-refractivity contribution in [2.24, 2.45) is 0 Å². The first kappa shape index (κ1) is 16.4. The predicted molar refractivity (Wildman–Crippen MR) is 93.3 cm³/mol. The van der Waals surface area contributed by atoms with Gasteiger partial charge in [0.15, 0.2) is 11.5 Å². The fourth-order valence-corrected chi connectivity index (χ4v) is 2.12. The minimum atomic E-state index is 0.415. The first-order valence-corrected chi connectivity index (χ1v) is 7.28. The summed E-state index contributed by atoms with van der Waals surface area (Å²) in [6.45, 7) is 6.06. The Kier molecular flexibility index (Phi) is 5.60. The first-order valence-electron chi connectivity index (χ1n) is 7.28. The van der Waals surface area contributed by atoms with Crippen molar-refractivity contribution >= 4 is 11.6 Å². The van der Waals surface area contributed by atoms with Crippen LogP contribution in [-0.2, 0) is 0 Å². The monoisotopic (exact) mass is 305 g/mol. The van der Waals surface area contributed by atoms with E-state index < -0.39 is 0 Å². The second-order valence-electron chi connectivity index (χ2n) is 5.05. The molecule has 0 aliphatic carbocycles. The molecular weight excluding hydrogens is 286 g/mol. The van der Waals surface area contributed by atoms with Crippen molar-refractivity contribution in [1.82, 2.24) is 0 Å². The highest BCUT2D eigenvalue weighted by Gasteiger charge is 2.06. The number of benzene rings is 2. The van der Waals surface area contributed by atoms with Crippen LogP contribution in [-0.4, -0.2) is 13.7 Å². The van der Waals surface area contributed by atoms with Crippen LogP contribution in [0, 0.1) is 18.3 Å². The third-order valence-electron chi connectivity index (χ3n) is 3.34. The van der Waals surface area contributed by atoms with Crippen LogP contribution in [0.3, 0.4) is 0 Å². The number of nitriles is 1. The molecule has 0 saturated heterocycles. The van der Waals surface area contributed by atoms with E-state index in [4.69, 9.17) is 9.47 Å². The Morgan fingerprint density at radius 2 is 1.91 bits per heavy atom. The van der Waals surface area contributed by atoms with Gasteiger partial charge in [-0.25, -0.2) is 0 Å². The van der Waals surface area contributed by atoms with E-state index in [-0.39, 0.29) is 0 Å². The molecule has 0 aliphatic heterocycles. The second kappa shape index (κ2) is 7.86. The van der Waals surface area contributed by atoms with Crippen LogP contribution in [0.5, 0.6) is 11.5 Å². The maximum atomic E-state index is 9.42. The van der Waals surface area contributed by atoms with Crippen LogP contribution in [0.4, 0.5) is 0 Å². The Labute approximate surface area is 137 Å². The maximum Gasteiger partial charge on any atom is 0.161 e. The van der Waals surface area contributed by atoms with E-state index in [9.17, 15) is 5.26 Å². The van der Waals surface area contributed by atoms with E-state index in [2.05, 4.69) is 12.6 Å². The van der Waals surface area contributed by atoms with Gasteiger partial charge in [-0.15, -0.1) is 0 Å². The summed E-state index contributed by atoms with van der Waals surface area (Å²) in [6.07, 6.45) is 3.52. The number of methoxy groups -OCH3 is 1. The summed E-state index contributed by atoms with van der Waals surface area (Å²) in [7, 11) is 1.59. The number of aryl methyl sites for hydroxylation is 1. The lowest BCUT2D eigenvalue weighted by Crippen LogP contribution is -1.96. The van der Waals surface area contributed by atoms with E-state index in [1.54, 1.807) is 13.2 Å². The Hall–Kier alpha value is -2.99. The van der Waals surface area contributed by atoms with Crippen molar-refractivity contribution in [3.05, 3.63) is 71.8 Å². The molecule has 3 nitrogen and oxygen atoms in total. The molecule has 0 N–H and O–H groups in total. The number of ether oxygens (including phenoxy) is 2. The fourth-order valence-electron chi connectivity index (χ4n) is 2.12. The van der Waals surface area contributed by atoms with Gasteiger partial charge in [-0.2, -0.15) is 5.26 Å². The zero-order valence-corrected chi connectivity index (χ0v) is 13.4. The third kappa shape index (κ3) is 4.24. The zero-order valence-electron chi connectivity index (χ0n) is 13.4. The van der Waals surface area contributed by atoms with E-state index in [1.165, 1.54) is 0 Å². The van der Waals surface area contributed by atoms with Crippen molar-refractivity contribution in [2.75, 3.05) is 13.7 Å². The van der Waals surface area contributed by atoms with E-state index in [0.29, 0.717) is 23.7 Å². The highest BCUT2D eigenvalue weighted by molar-refractivity contribution is 5.89. The molecular formula is C20H19NO2. The lowest BCUT2D eigenvalue weighted by molar-refractivity contribution is 0.326. The normalized spacial score (nSPS) is 10.7. The van der Waals surface area contributed by atoms with Gasteiger partial charge in [0, 0.05) is 0 Å². The average molecular weight is 305 g/mol. The average Bonchev–Trinajstić information content (AvgIpc) is 2.59. The van der Waals surface area contributed by atoms with Gasteiger partial charge in [0.1, 0.15) is 6.61 Å². The summed E-state index contributed by atoms with van der Waals surface area (Å²) in [5, 5.41) is 9.42. The highest BCUT2D eigenvalue weighted by Crippen LogP contribution is 2.29. The largest absolute Gasteiger partial charge is 0.493 e. The Balaban J connectivity index is 2.34. The minimum Gasteiger partial charge on any atom is -0.493 e. The predicted octanol–water partition coefficient (Wildman–Crippen LogP) is 4.63. The molecule has 0 heterocycles. The van der Waals surface area contributed by atoms with Crippen LogP contribution in [0.1, 0.15) is 16.7 Å². The van der Waals surface area contributed by atoms with Gasteiger partial charge >= 0.3 is 0 Å². The molecule has 0 saturated carbocycles. The minimum absolute atomic E-state index is 0.415. The summed E-state index contributed by atoms with van der Waals surface area (Å²) in [6, 6.07) is 15.7. The van der Waals surface area contributed by atoms with Crippen LogP contribution in [0.2, 0.25) is 0 Å². The standard InChI is InChI=1S/C20H19NO2/c1-4-11-23-19-10-7-16(13-20(19)22-3)12-18(14-21)17-8-5-15(2)6-9-17/h4-10,12-13H,1,11H2,2-3H3/b18-12+. The highest BCUT2D eigenvalue weighted by atomic mass is 16.5. The zero-order chi connectivity index (χ0) is 16.7. The summed E-state index contributed by atoms with van der Waals surface area (Å²) >= 11 is 0. The SMILES string of the molecule is C=CCOc1ccc(/C=C(\C#N)c2ccc(C)cc2)cc1OC. The van der Waals surface area contributed by atoms with Crippen molar-refractivity contribution < 1.29 is 9.47 Å². The molecule has 0 aliphatic rings. The molecule has 116 valence electrons. The molecule has 3 heteroatoms. The van der Waals surface area contributed by atoms with Crippen molar-refractivity contribution in [3.8, 4) is 17.6 Å².